The number of hydrogen-bond donors (Lipinski definition) is 1. The first kappa shape index (κ1) is 17.3. The summed E-state index contributed by atoms with van der Waals surface area (Å²) in [5, 5.41) is 6.38. The molecule has 4 rings (SSSR count). The molecule has 1 aromatic carbocycles. The van der Waals surface area contributed by atoms with E-state index < -0.39 is 0 Å². The summed E-state index contributed by atoms with van der Waals surface area (Å²) in [7, 11) is 0. The molecule has 1 aliphatic carbocycles. The highest BCUT2D eigenvalue weighted by atomic mass is 32.1. The maximum atomic E-state index is 11.9. The second-order valence-electron chi connectivity index (χ2n) is 7.29. The first-order valence-electron chi connectivity index (χ1n) is 8.83. The largest absolute Gasteiger partial charge is 0.454 e. The lowest BCUT2D eigenvalue weighted by molar-refractivity contribution is -0.116. The number of carbonyl (C=O) groups is 1. The average Bonchev–Trinajstić information content (AvgIpc) is 3.13. The van der Waals surface area contributed by atoms with Crippen molar-refractivity contribution in [1.82, 2.24) is 10.3 Å². The maximum absolute atomic E-state index is 11.9. The van der Waals surface area contributed by atoms with E-state index in [1.807, 2.05) is 22.4 Å². The highest BCUT2D eigenvalue weighted by Gasteiger charge is 2.33. The lowest BCUT2D eigenvalue weighted by Crippen LogP contribution is -2.36. The Balaban J connectivity index is 1.44. The van der Waals surface area contributed by atoms with Crippen LogP contribution in [0.2, 0.25) is 0 Å². The molecular weight excluding hydrogens is 350 g/mol. The Labute approximate surface area is 157 Å². The Kier molecular flexibility index (Phi) is 4.36. The third-order valence-corrected chi connectivity index (χ3v) is 5.69. The van der Waals surface area contributed by atoms with Gasteiger partial charge in [-0.25, -0.2) is 4.98 Å². The fraction of sp³-hybridized carbons (Fsp3) is 0.474. The minimum atomic E-state index is -0.248. The molecule has 0 bridgehead atoms. The molecule has 0 saturated heterocycles. The van der Waals surface area contributed by atoms with Crippen LogP contribution in [0.1, 0.15) is 44.9 Å². The Hall–Kier alpha value is -2.12. The summed E-state index contributed by atoms with van der Waals surface area (Å²) in [6, 6.07) is 6.36. The minimum absolute atomic E-state index is 0.0713. The van der Waals surface area contributed by atoms with E-state index in [1.165, 1.54) is 11.3 Å². The van der Waals surface area contributed by atoms with Gasteiger partial charge in [-0.3, -0.25) is 9.69 Å². The zero-order valence-electron chi connectivity index (χ0n) is 15.2. The van der Waals surface area contributed by atoms with Crippen molar-refractivity contribution < 1.29 is 14.3 Å². The summed E-state index contributed by atoms with van der Waals surface area (Å²) < 4.78 is 10.9. The van der Waals surface area contributed by atoms with Crippen LogP contribution in [-0.4, -0.2) is 23.7 Å². The maximum Gasteiger partial charge on any atom is 0.231 e. The summed E-state index contributed by atoms with van der Waals surface area (Å²) >= 11 is 1.53. The molecule has 0 spiro atoms. The quantitative estimate of drug-likeness (QED) is 0.841. The highest BCUT2D eigenvalue weighted by molar-refractivity contribution is 7.14. The number of fused-ring (bicyclic) bond motifs is 1. The van der Waals surface area contributed by atoms with Crippen LogP contribution >= 0.6 is 11.3 Å². The predicted molar refractivity (Wildman–Crippen MR) is 101 cm³/mol. The Morgan fingerprint density at radius 2 is 2.12 bits per heavy atom. The molecule has 7 heteroatoms. The molecule has 1 N–H and O–H groups in total. The van der Waals surface area contributed by atoms with E-state index in [-0.39, 0.29) is 18.2 Å². The predicted octanol–water partition coefficient (Wildman–Crippen LogP) is 3.41. The first-order valence-corrected chi connectivity index (χ1v) is 9.71. The van der Waals surface area contributed by atoms with E-state index in [4.69, 9.17) is 9.47 Å². The van der Waals surface area contributed by atoms with E-state index >= 15 is 0 Å². The molecule has 0 atom stereocenters. The third-order valence-electron chi connectivity index (χ3n) is 4.80. The zero-order valence-corrected chi connectivity index (χ0v) is 16.1. The molecule has 1 aliphatic heterocycles. The summed E-state index contributed by atoms with van der Waals surface area (Å²) in [4.78, 5) is 18.4. The van der Waals surface area contributed by atoms with Gasteiger partial charge in [-0.1, -0.05) is 6.07 Å². The van der Waals surface area contributed by atoms with Gasteiger partial charge < -0.3 is 14.8 Å². The van der Waals surface area contributed by atoms with E-state index in [1.54, 1.807) is 6.92 Å². The number of rotatable bonds is 6. The van der Waals surface area contributed by atoms with E-state index in [0.717, 1.165) is 40.7 Å². The lowest BCUT2D eigenvalue weighted by Gasteiger charge is -2.27. The molecule has 138 valence electrons. The first-order chi connectivity index (χ1) is 12.4. The van der Waals surface area contributed by atoms with Crippen LogP contribution in [-0.2, 0) is 16.9 Å². The van der Waals surface area contributed by atoms with E-state index in [2.05, 4.69) is 30.2 Å². The number of aromatic nitrogens is 1. The van der Waals surface area contributed by atoms with Gasteiger partial charge in [0.05, 0.1) is 5.69 Å². The van der Waals surface area contributed by atoms with Crippen LogP contribution < -0.4 is 19.7 Å². The van der Waals surface area contributed by atoms with Crippen LogP contribution in [0.4, 0.5) is 5.13 Å². The summed E-state index contributed by atoms with van der Waals surface area (Å²) in [6.07, 6.45) is 2.15. The number of nitrogens with zero attached hydrogens (tertiary/aromatic N) is 2. The Morgan fingerprint density at radius 1 is 1.35 bits per heavy atom. The van der Waals surface area contributed by atoms with Crippen LogP contribution in [0.5, 0.6) is 11.5 Å². The van der Waals surface area contributed by atoms with Crippen LogP contribution in [0, 0.1) is 0 Å². The molecule has 0 radical (unpaired) electrons. The molecule has 2 heterocycles. The summed E-state index contributed by atoms with van der Waals surface area (Å²) in [5.41, 5.74) is 1.83. The number of nitrogens with one attached hydrogen (secondary N) is 1. The number of amides is 1. The average molecular weight is 373 g/mol. The molecule has 26 heavy (non-hydrogen) atoms. The summed E-state index contributed by atoms with van der Waals surface area (Å²) in [6.45, 7) is 6.78. The molecule has 1 fully saturated rings. The molecular formula is C19H23N3O3S. The monoisotopic (exact) mass is 373 g/mol. The second-order valence-corrected chi connectivity index (χ2v) is 8.12. The number of benzene rings is 1. The van der Waals surface area contributed by atoms with Gasteiger partial charge in [0.25, 0.3) is 0 Å². The molecule has 2 aromatic rings. The number of carbonyl (C=O) groups excluding carboxylic acids is 1. The zero-order chi connectivity index (χ0) is 18.3. The minimum Gasteiger partial charge on any atom is -0.454 e. The smallest absolute Gasteiger partial charge is 0.231 e. The van der Waals surface area contributed by atoms with Gasteiger partial charge in [-0.05, 0) is 44.4 Å². The lowest BCUT2D eigenvalue weighted by atomic mass is 9.94. The van der Waals surface area contributed by atoms with Crippen molar-refractivity contribution in [3.05, 3.63) is 34.8 Å². The number of anilines is 1. The van der Waals surface area contributed by atoms with Gasteiger partial charge in [0.15, 0.2) is 16.6 Å². The van der Waals surface area contributed by atoms with Crippen molar-refractivity contribution in [2.24, 2.45) is 0 Å². The molecule has 0 unspecified atom stereocenters. The molecule has 6 nitrogen and oxygen atoms in total. The Bertz CT molecular complexity index is 829. The van der Waals surface area contributed by atoms with Gasteiger partial charge in [0.2, 0.25) is 12.7 Å². The van der Waals surface area contributed by atoms with Gasteiger partial charge in [0, 0.05) is 30.4 Å². The highest BCUT2D eigenvalue weighted by Crippen LogP contribution is 2.36. The van der Waals surface area contributed by atoms with Crippen molar-refractivity contribution in [2.75, 3.05) is 11.7 Å². The molecule has 1 amide bonds. The van der Waals surface area contributed by atoms with Crippen molar-refractivity contribution >= 4 is 22.4 Å². The van der Waals surface area contributed by atoms with Crippen molar-refractivity contribution in [2.45, 2.75) is 51.7 Å². The summed E-state index contributed by atoms with van der Waals surface area (Å²) in [5.74, 6) is 1.65. The van der Waals surface area contributed by atoms with Crippen LogP contribution in [0.25, 0.3) is 0 Å². The van der Waals surface area contributed by atoms with Crippen molar-refractivity contribution in [3.8, 4) is 11.5 Å². The SMILES string of the molecule is CC(=O)N(c1nc(CNC(C)(C)c2ccc3c(c2)OCO3)cs1)C1CC1. The molecule has 1 aromatic heterocycles. The van der Waals surface area contributed by atoms with Crippen LogP contribution in [0.15, 0.2) is 23.6 Å². The third kappa shape index (κ3) is 3.41. The van der Waals surface area contributed by atoms with Gasteiger partial charge in [-0.15, -0.1) is 11.3 Å². The van der Waals surface area contributed by atoms with Crippen molar-refractivity contribution in [1.29, 1.82) is 0 Å². The fourth-order valence-electron chi connectivity index (χ4n) is 3.07. The standard InChI is InChI=1S/C19H23N3O3S/c1-12(23)22(15-5-6-15)18-21-14(10-26-18)9-20-19(2,3)13-4-7-16-17(8-13)25-11-24-16/h4,7-8,10,15,20H,5-6,9,11H2,1-3H3. The Morgan fingerprint density at radius 3 is 2.85 bits per heavy atom. The number of ether oxygens (including phenoxy) is 2. The van der Waals surface area contributed by atoms with Crippen LogP contribution in [0.3, 0.4) is 0 Å². The van der Waals surface area contributed by atoms with E-state index in [0.29, 0.717) is 12.6 Å². The van der Waals surface area contributed by atoms with Gasteiger partial charge in [-0.2, -0.15) is 0 Å². The molecule has 2 aliphatic rings. The normalized spacial score (nSPS) is 16.0. The number of hydrogen-bond acceptors (Lipinski definition) is 6. The second kappa shape index (κ2) is 6.55. The van der Waals surface area contributed by atoms with E-state index in [9.17, 15) is 4.79 Å². The number of thiazole rings is 1. The van der Waals surface area contributed by atoms with Gasteiger partial charge >= 0.3 is 0 Å². The fourth-order valence-corrected chi connectivity index (χ4v) is 4.01. The van der Waals surface area contributed by atoms with Crippen molar-refractivity contribution in [3.63, 3.8) is 0 Å². The molecule has 1 saturated carbocycles. The topological polar surface area (TPSA) is 63.7 Å². The van der Waals surface area contributed by atoms with Gasteiger partial charge in [0.1, 0.15) is 0 Å².